The average molecular weight is 216 g/mol. The molecule has 0 aliphatic carbocycles. The van der Waals surface area contributed by atoms with Crippen molar-refractivity contribution in [3.8, 4) is 0 Å². The van der Waals surface area contributed by atoms with E-state index >= 15 is 0 Å². The SMILES string of the molecule is COCC1=NCC(c2ccc(C)cc2)=CN1. The lowest BCUT2D eigenvalue weighted by atomic mass is 10.0. The van der Waals surface area contributed by atoms with Crippen molar-refractivity contribution in [1.29, 1.82) is 0 Å². The quantitative estimate of drug-likeness (QED) is 0.838. The highest BCUT2D eigenvalue weighted by Crippen LogP contribution is 2.16. The molecule has 1 heterocycles. The lowest BCUT2D eigenvalue weighted by Gasteiger charge is -2.14. The van der Waals surface area contributed by atoms with Gasteiger partial charge in [-0.25, -0.2) is 0 Å². The third kappa shape index (κ3) is 2.49. The smallest absolute Gasteiger partial charge is 0.127 e. The van der Waals surface area contributed by atoms with Gasteiger partial charge in [-0.15, -0.1) is 0 Å². The van der Waals surface area contributed by atoms with Crippen molar-refractivity contribution in [3.63, 3.8) is 0 Å². The predicted molar refractivity (Wildman–Crippen MR) is 66.5 cm³/mol. The summed E-state index contributed by atoms with van der Waals surface area (Å²) in [4.78, 5) is 4.41. The second kappa shape index (κ2) is 4.94. The molecule has 3 nitrogen and oxygen atoms in total. The second-order valence-corrected chi connectivity index (χ2v) is 3.88. The number of nitrogens with zero attached hydrogens (tertiary/aromatic N) is 1. The molecule has 0 atom stereocenters. The Balaban J connectivity index is 2.06. The number of aryl methyl sites for hydroxylation is 1. The Morgan fingerprint density at radius 3 is 2.62 bits per heavy atom. The van der Waals surface area contributed by atoms with Crippen LogP contribution in [0.1, 0.15) is 11.1 Å². The Morgan fingerprint density at radius 2 is 2.06 bits per heavy atom. The molecule has 84 valence electrons. The Hall–Kier alpha value is -1.61. The van der Waals surface area contributed by atoms with Crippen molar-refractivity contribution in [1.82, 2.24) is 5.32 Å². The summed E-state index contributed by atoms with van der Waals surface area (Å²) in [5.74, 6) is 0.887. The van der Waals surface area contributed by atoms with Crippen molar-refractivity contribution < 1.29 is 4.74 Å². The zero-order valence-electron chi connectivity index (χ0n) is 9.66. The van der Waals surface area contributed by atoms with Gasteiger partial charge in [-0.3, -0.25) is 4.99 Å². The summed E-state index contributed by atoms with van der Waals surface area (Å²) in [5, 5.41) is 3.15. The Bertz CT molecular complexity index is 418. The van der Waals surface area contributed by atoms with Crippen LogP contribution in [-0.2, 0) is 4.74 Å². The van der Waals surface area contributed by atoms with E-state index in [0.29, 0.717) is 6.61 Å². The van der Waals surface area contributed by atoms with Gasteiger partial charge in [0.05, 0.1) is 6.54 Å². The molecule has 0 aromatic heterocycles. The zero-order valence-corrected chi connectivity index (χ0v) is 9.66. The van der Waals surface area contributed by atoms with E-state index in [-0.39, 0.29) is 0 Å². The van der Waals surface area contributed by atoms with Crippen LogP contribution in [0.5, 0.6) is 0 Å². The fourth-order valence-corrected chi connectivity index (χ4v) is 1.61. The molecule has 0 unspecified atom stereocenters. The maximum Gasteiger partial charge on any atom is 0.127 e. The molecule has 0 spiro atoms. The first-order chi connectivity index (χ1) is 7.79. The first-order valence-electron chi connectivity index (χ1n) is 5.34. The molecular weight excluding hydrogens is 200 g/mol. The number of aliphatic imine (C=N–C) groups is 1. The van der Waals surface area contributed by atoms with Gasteiger partial charge < -0.3 is 10.1 Å². The van der Waals surface area contributed by atoms with Gasteiger partial charge in [0.25, 0.3) is 0 Å². The van der Waals surface area contributed by atoms with Crippen LogP contribution in [0, 0.1) is 6.92 Å². The fourth-order valence-electron chi connectivity index (χ4n) is 1.61. The molecule has 0 bridgehead atoms. The van der Waals surface area contributed by atoms with Gasteiger partial charge in [-0.05, 0) is 18.1 Å². The highest BCUT2D eigenvalue weighted by Gasteiger charge is 2.07. The summed E-state index contributed by atoms with van der Waals surface area (Å²) in [6.45, 7) is 3.35. The van der Waals surface area contributed by atoms with E-state index in [1.165, 1.54) is 16.7 Å². The van der Waals surface area contributed by atoms with E-state index in [2.05, 4.69) is 41.5 Å². The number of methoxy groups -OCH3 is 1. The molecule has 1 N–H and O–H groups in total. The van der Waals surface area contributed by atoms with Gasteiger partial charge >= 0.3 is 0 Å². The van der Waals surface area contributed by atoms with Crippen LogP contribution >= 0.6 is 0 Å². The maximum absolute atomic E-state index is 5.02. The standard InChI is InChI=1S/C13H16N2O/c1-10-3-5-11(6-4-10)12-7-14-13(9-16-2)15-8-12/h3-7H,8-9H2,1-2H3,(H,14,15). The van der Waals surface area contributed by atoms with Gasteiger partial charge in [0, 0.05) is 13.3 Å². The molecule has 0 amide bonds. The maximum atomic E-state index is 5.02. The first-order valence-corrected chi connectivity index (χ1v) is 5.34. The molecule has 1 aromatic carbocycles. The minimum atomic E-state index is 0.539. The number of rotatable bonds is 3. The third-order valence-corrected chi connectivity index (χ3v) is 2.56. The highest BCUT2D eigenvalue weighted by molar-refractivity contribution is 5.88. The van der Waals surface area contributed by atoms with Crippen molar-refractivity contribution in [2.24, 2.45) is 4.99 Å². The van der Waals surface area contributed by atoms with E-state index in [0.717, 1.165) is 12.4 Å². The number of ether oxygens (including phenoxy) is 1. The fraction of sp³-hybridized carbons (Fsp3) is 0.308. The largest absolute Gasteiger partial charge is 0.377 e. The van der Waals surface area contributed by atoms with E-state index in [1.54, 1.807) is 7.11 Å². The van der Waals surface area contributed by atoms with Gasteiger partial charge in [0.15, 0.2) is 0 Å². The monoisotopic (exact) mass is 216 g/mol. The molecule has 3 heteroatoms. The Morgan fingerprint density at radius 1 is 1.31 bits per heavy atom. The molecule has 2 rings (SSSR count). The summed E-state index contributed by atoms with van der Waals surface area (Å²) < 4.78 is 5.02. The van der Waals surface area contributed by atoms with Gasteiger partial charge in [0.1, 0.15) is 12.4 Å². The average Bonchev–Trinajstić information content (AvgIpc) is 2.32. The summed E-state index contributed by atoms with van der Waals surface area (Å²) in [7, 11) is 1.67. The molecule has 0 fully saturated rings. The minimum Gasteiger partial charge on any atom is -0.377 e. The van der Waals surface area contributed by atoms with Crippen molar-refractivity contribution >= 4 is 11.4 Å². The first kappa shape index (κ1) is 10.9. The van der Waals surface area contributed by atoms with Gasteiger partial charge in [0.2, 0.25) is 0 Å². The normalized spacial score (nSPS) is 15.1. The number of hydrogen-bond acceptors (Lipinski definition) is 3. The molecule has 1 aromatic rings. The predicted octanol–water partition coefficient (Wildman–Crippen LogP) is 1.98. The van der Waals surface area contributed by atoms with Crippen LogP contribution in [0.2, 0.25) is 0 Å². The number of nitrogens with one attached hydrogen (secondary N) is 1. The Kier molecular flexibility index (Phi) is 3.37. The summed E-state index contributed by atoms with van der Waals surface area (Å²) in [6, 6.07) is 8.48. The number of benzene rings is 1. The van der Waals surface area contributed by atoms with Crippen LogP contribution in [0.4, 0.5) is 0 Å². The van der Waals surface area contributed by atoms with E-state index in [4.69, 9.17) is 4.74 Å². The summed E-state index contributed by atoms with van der Waals surface area (Å²) >= 11 is 0. The lowest BCUT2D eigenvalue weighted by molar-refractivity contribution is 0.243. The van der Waals surface area contributed by atoms with Crippen molar-refractivity contribution in [3.05, 3.63) is 41.6 Å². The summed E-state index contributed by atoms with van der Waals surface area (Å²) in [5.41, 5.74) is 3.70. The number of hydrogen-bond donors (Lipinski definition) is 1. The second-order valence-electron chi connectivity index (χ2n) is 3.88. The Labute approximate surface area is 95.8 Å². The van der Waals surface area contributed by atoms with Crippen LogP contribution < -0.4 is 5.32 Å². The molecule has 1 aliphatic rings. The third-order valence-electron chi connectivity index (χ3n) is 2.56. The topological polar surface area (TPSA) is 33.6 Å². The highest BCUT2D eigenvalue weighted by atomic mass is 16.5. The van der Waals surface area contributed by atoms with Gasteiger partial charge in [-0.2, -0.15) is 0 Å². The van der Waals surface area contributed by atoms with E-state index < -0.39 is 0 Å². The lowest BCUT2D eigenvalue weighted by Crippen LogP contribution is -2.26. The molecule has 16 heavy (non-hydrogen) atoms. The molecular formula is C13H16N2O. The molecule has 0 saturated carbocycles. The van der Waals surface area contributed by atoms with Crippen LogP contribution in [-0.4, -0.2) is 26.1 Å². The number of amidine groups is 1. The van der Waals surface area contributed by atoms with Crippen LogP contribution in [0.15, 0.2) is 35.5 Å². The van der Waals surface area contributed by atoms with Crippen LogP contribution in [0.3, 0.4) is 0 Å². The zero-order chi connectivity index (χ0) is 11.4. The van der Waals surface area contributed by atoms with Crippen molar-refractivity contribution in [2.75, 3.05) is 20.3 Å². The molecule has 1 aliphatic heterocycles. The minimum absolute atomic E-state index is 0.539. The molecule has 0 saturated heterocycles. The summed E-state index contributed by atoms with van der Waals surface area (Å²) in [6.07, 6.45) is 2.01. The molecule has 0 radical (unpaired) electrons. The van der Waals surface area contributed by atoms with E-state index in [1.807, 2.05) is 6.20 Å². The van der Waals surface area contributed by atoms with Crippen LogP contribution in [0.25, 0.3) is 5.57 Å². The van der Waals surface area contributed by atoms with E-state index in [9.17, 15) is 0 Å². The van der Waals surface area contributed by atoms with Gasteiger partial charge in [-0.1, -0.05) is 29.8 Å². The van der Waals surface area contributed by atoms with Crippen molar-refractivity contribution in [2.45, 2.75) is 6.92 Å².